The SMILES string of the molecule is c1cc2c(c(C3CCCCCC3)c1)N=N[N]2. The van der Waals surface area contributed by atoms with Crippen LogP contribution in [0.1, 0.15) is 50.0 Å². The third-order valence-corrected chi connectivity index (χ3v) is 3.64. The zero-order valence-corrected chi connectivity index (χ0v) is 9.39. The molecule has 1 radical (unpaired) electrons. The first-order chi connectivity index (χ1) is 7.95. The Morgan fingerprint density at radius 1 is 1.00 bits per heavy atom. The van der Waals surface area contributed by atoms with Crippen LogP contribution < -0.4 is 5.43 Å². The molecule has 1 aromatic carbocycles. The van der Waals surface area contributed by atoms with E-state index in [2.05, 4.69) is 27.9 Å². The van der Waals surface area contributed by atoms with Gasteiger partial charge in [0.15, 0.2) is 0 Å². The fraction of sp³-hybridized carbons (Fsp3) is 0.538. The lowest BCUT2D eigenvalue weighted by Crippen LogP contribution is -1.97. The predicted molar refractivity (Wildman–Crippen MR) is 63.2 cm³/mol. The molecule has 3 heteroatoms. The molecule has 1 aliphatic heterocycles. The highest BCUT2D eigenvalue weighted by atomic mass is 15.5. The summed E-state index contributed by atoms with van der Waals surface area (Å²) in [6.07, 6.45) is 8.07. The van der Waals surface area contributed by atoms with Gasteiger partial charge in [-0.05, 0) is 35.6 Å². The molecule has 1 fully saturated rings. The van der Waals surface area contributed by atoms with Gasteiger partial charge in [0, 0.05) is 0 Å². The lowest BCUT2D eigenvalue weighted by Gasteiger charge is -2.15. The number of nitrogens with zero attached hydrogens (tertiary/aromatic N) is 3. The molecule has 0 bridgehead atoms. The monoisotopic (exact) mass is 214 g/mol. The van der Waals surface area contributed by atoms with Gasteiger partial charge in [-0.2, -0.15) is 0 Å². The maximum atomic E-state index is 4.16. The summed E-state index contributed by atoms with van der Waals surface area (Å²) < 4.78 is 0. The van der Waals surface area contributed by atoms with E-state index in [4.69, 9.17) is 0 Å². The number of rotatable bonds is 1. The summed E-state index contributed by atoms with van der Waals surface area (Å²) in [5.74, 6) is 0.671. The molecule has 0 N–H and O–H groups in total. The van der Waals surface area contributed by atoms with E-state index in [0.717, 1.165) is 11.4 Å². The topological polar surface area (TPSA) is 38.8 Å². The van der Waals surface area contributed by atoms with Crippen molar-refractivity contribution in [2.75, 3.05) is 0 Å². The third-order valence-electron chi connectivity index (χ3n) is 3.64. The van der Waals surface area contributed by atoms with Crippen molar-refractivity contribution in [3.63, 3.8) is 0 Å². The first kappa shape index (κ1) is 9.82. The van der Waals surface area contributed by atoms with Crippen molar-refractivity contribution >= 4 is 11.4 Å². The number of hydrogen-bond acceptors (Lipinski definition) is 2. The van der Waals surface area contributed by atoms with Crippen LogP contribution in [0.15, 0.2) is 28.5 Å². The van der Waals surface area contributed by atoms with E-state index >= 15 is 0 Å². The van der Waals surface area contributed by atoms with Crippen molar-refractivity contribution in [2.45, 2.75) is 44.4 Å². The van der Waals surface area contributed by atoms with Gasteiger partial charge in [-0.3, -0.25) is 0 Å². The maximum Gasteiger partial charge on any atom is 0.119 e. The van der Waals surface area contributed by atoms with E-state index in [0.29, 0.717) is 5.92 Å². The van der Waals surface area contributed by atoms with Crippen LogP contribution >= 0.6 is 0 Å². The standard InChI is InChI=1S/C13H16N3/c1-2-4-7-10(6-3-1)11-8-5-9-12-13(11)15-16-14-12/h5,8-10H,1-4,6-7H2. The first-order valence-electron chi connectivity index (χ1n) is 6.20. The van der Waals surface area contributed by atoms with Crippen molar-refractivity contribution in [3.8, 4) is 0 Å². The molecule has 1 aromatic rings. The zero-order valence-electron chi connectivity index (χ0n) is 9.39. The lowest BCUT2D eigenvalue weighted by molar-refractivity contribution is 0.593. The molecule has 1 heterocycles. The van der Waals surface area contributed by atoms with E-state index in [-0.39, 0.29) is 0 Å². The van der Waals surface area contributed by atoms with Gasteiger partial charge in [-0.15, -0.1) is 10.5 Å². The Labute approximate surface area is 95.9 Å². The largest absolute Gasteiger partial charge is 0.128 e. The second kappa shape index (κ2) is 4.24. The normalized spacial score (nSPS) is 20.2. The van der Waals surface area contributed by atoms with Crippen LogP contribution in [0.3, 0.4) is 0 Å². The van der Waals surface area contributed by atoms with Crippen molar-refractivity contribution in [1.29, 1.82) is 0 Å². The van der Waals surface area contributed by atoms with Crippen LogP contribution in [0.4, 0.5) is 11.4 Å². The molecule has 16 heavy (non-hydrogen) atoms. The Kier molecular flexibility index (Phi) is 2.60. The van der Waals surface area contributed by atoms with Crippen LogP contribution in [-0.2, 0) is 0 Å². The summed E-state index contributed by atoms with van der Waals surface area (Å²) in [5.41, 5.74) is 7.37. The third kappa shape index (κ3) is 1.70. The van der Waals surface area contributed by atoms with E-state index < -0.39 is 0 Å². The van der Waals surface area contributed by atoms with Gasteiger partial charge in [0.1, 0.15) is 11.4 Å². The minimum absolute atomic E-state index is 0.671. The fourth-order valence-corrected chi connectivity index (χ4v) is 2.77. The lowest BCUT2D eigenvalue weighted by atomic mass is 9.90. The van der Waals surface area contributed by atoms with Crippen molar-refractivity contribution < 1.29 is 0 Å². The highest BCUT2D eigenvalue weighted by Gasteiger charge is 2.21. The number of fused-ring (bicyclic) bond motifs is 1. The molecule has 0 spiro atoms. The Hall–Kier alpha value is -1.38. The summed E-state index contributed by atoms with van der Waals surface area (Å²) in [7, 11) is 0. The molecule has 1 aliphatic carbocycles. The maximum absolute atomic E-state index is 4.16. The summed E-state index contributed by atoms with van der Waals surface area (Å²) in [5, 5.41) is 7.94. The molecule has 3 rings (SSSR count). The van der Waals surface area contributed by atoms with Crippen LogP contribution in [0.5, 0.6) is 0 Å². The summed E-state index contributed by atoms with van der Waals surface area (Å²) >= 11 is 0. The Bertz CT molecular complexity index is 404. The van der Waals surface area contributed by atoms with Gasteiger partial charge in [0.25, 0.3) is 0 Å². The van der Waals surface area contributed by atoms with Crippen LogP contribution in [0.25, 0.3) is 0 Å². The molecule has 0 atom stereocenters. The highest BCUT2D eigenvalue weighted by Crippen LogP contribution is 2.42. The van der Waals surface area contributed by atoms with Crippen molar-refractivity contribution in [2.24, 2.45) is 10.3 Å². The average Bonchev–Trinajstić information content (AvgIpc) is 2.63. The number of benzene rings is 1. The molecule has 0 amide bonds. The van der Waals surface area contributed by atoms with Crippen LogP contribution in [-0.4, -0.2) is 0 Å². The second-order valence-corrected chi connectivity index (χ2v) is 4.69. The minimum atomic E-state index is 0.671. The van der Waals surface area contributed by atoms with Gasteiger partial charge >= 0.3 is 0 Å². The molecular formula is C13H16N3. The molecule has 0 unspecified atom stereocenters. The fourth-order valence-electron chi connectivity index (χ4n) is 2.77. The van der Waals surface area contributed by atoms with Gasteiger partial charge in [-0.1, -0.05) is 37.8 Å². The molecule has 83 valence electrons. The average molecular weight is 214 g/mol. The molecule has 0 saturated heterocycles. The summed E-state index contributed by atoms with van der Waals surface area (Å²) in [4.78, 5) is 0. The van der Waals surface area contributed by atoms with E-state index in [1.54, 1.807) is 0 Å². The van der Waals surface area contributed by atoms with Crippen molar-refractivity contribution in [1.82, 2.24) is 5.43 Å². The van der Waals surface area contributed by atoms with Crippen LogP contribution in [0.2, 0.25) is 0 Å². The predicted octanol–water partition coefficient (Wildman–Crippen LogP) is 4.37. The zero-order chi connectivity index (χ0) is 10.8. The van der Waals surface area contributed by atoms with E-state index in [9.17, 15) is 0 Å². The first-order valence-corrected chi connectivity index (χ1v) is 6.20. The van der Waals surface area contributed by atoms with Crippen LogP contribution in [0, 0.1) is 0 Å². The quantitative estimate of drug-likeness (QED) is 0.622. The van der Waals surface area contributed by atoms with Gasteiger partial charge in [0.2, 0.25) is 0 Å². The van der Waals surface area contributed by atoms with E-state index in [1.807, 2.05) is 6.07 Å². The second-order valence-electron chi connectivity index (χ2n) is 4.69. The molecule has 1 saturated carbocycles. The van der Waals surface area contributed by atoms with E-state index in [1.165, 1.54) is 44.1 Å². The minimum Gasteiger partial charge on any atom is -0.128 e. The Morgan fingerprint density at radius 3 is 2.62 bits per heavy atom. The number of hydrogen-bond donors (Lipinski definition) is 0. The van der Waals surface area contributed by atoms with Gasteiger partial charge in [0.05, 0.1) is 0 Å². The smallest absolute Gasteiger partial charge is 0.119 e. The molecule has 0 aromatic heterocycles. The molecule has 2 aliphatic rings. The Morgan fingerprint density at radius 2 is 1.81 bits per heavy atom. The Balaban J connectivity index is 1.93. The molecule has 3 nitrogen and oxygen atoms in total. The van der Waals surface area contributed by atoms with Gasteiger partial charge in [-0.25, -0.2) is 0 Å². The highest BCUT2D eigenvalue weighted by molar-refractivity contribution is 5.67. The van der Waals surface area contributed by atoms with Crippen molar-refractivity contribution in [3.05, 3.63) is 23.8 Å². The van der Waals surface area contributed by atoms with Gasteiger partial charge < -0.3 is 0 Å². The summed E-state index contributed by atoms with van der Waals surface area (Å²) in [6.45, 7) is 0. The summed E-state index contributed by atoms with van der Waals surface area (Å²) in [6, 6.07) is 6.28. The molecular weight excluding hydrogens is 198 g/mol.